The average molecular weight is 319 g/mol. The van der Waals surface area contributed by atoms with Crippen LogP contribution in [0.25, 0.3) is 0 Å². The molecule has 3 nitrogen and oxygen atoms in total. The molecule has 0 saturated carbocycles. The maximum Gasteiger partial charge on any atom is 0 e. The van der Waals surface area contributed by atoms with E-state index in [0.717, 1.165) is 0 Å². The van der Waals surface area contributed by atoms with E-state index in [9.17, 15) is 0 Å². The molecule has 0 aromatic carbocycles. The van der Waals surface area contributed by atoms with Crippen LogP contribution in [0.1, 0.15) is 0 Å². The van der Waals surface area contributed by atoms with Gasteiger partial charge in [-0.3, -0.25) is 0 Å². The smallest absolute Gasteiger partial charge is 0 e. The molecule has 0 saturated heterocycles. The molecule has 0 aromatic rings. The Bertz CT molecular complexity index is 84.6. The van der Waals surface area contributed by atoms with Crippen molar-refractivity contribution >= 4 is 6.34 Å². The molecule has 0 aliphatic heterocycles. The Morgan fingerprint density at radius 3 is 2.25 bits per heavy atom. The fourth-order valence-corrected chi connectivity index (χ4v) is 0.227. The van der Waals surface area contributed by atoms with E-state index in [2.05, 4.69) is 32.5 Å². The molecule has 0 N–H and O–H groups in total. The van der Waals surface area contributed by atoms with Crippen LogP contribution < -0.4 is 0 Å². The summed E-state index contributed by atoms with van der Waals surface area (Å²) in [4.78, 5) is 3.58. The van der Waals surface area contributed by atoms with Gasteiger partial charge in [0.1, 0.15) is 0 Å². The maximum atomic E-state index is 3.64. The molecule has 0 unspecified atom stereocenters. The van der Waals surface area contributed by atoms with E-state index in [1.165, 1.54) is 5.01 Å². The zero-order chi connectivity index (χ0) is 5.70. The van der Waals surface area contributed by atoms with Gasteiger partial charge >= 0.3 is 51.6 Å². The molecule has 5 heteroatoms. The number of aliphatic imine (C=N–C) groups is 1. The standard InChI is InChI=1S/C3H6N3.V.W/c1-5-3-6(2)4;;/h1-2H3;;/q-1;;. The minimum atomic E-state index is 0. The second kappa shape index (κ2) is 7.54. The molecular weight excluding hydrogens is 313 g/mol. The van der Waals surface area contributed by atoms with Gasteiger partial charge in [-0.2, -0.15) is 0 Å². The van der Waals surface area contributed by atoms with E-state index in [0.29, 0.717) is 0 Å². The molecule has 0 atom stereocenters. The molecule has 0 rings (SSSR count). The molecule has 0 aliphatic rings. The topological polar surface area (TPSA) is 28.0 Å². The Labute approximate surface area is 72.6 Å². The molecular formula is C3H6N3VW-. The zero-order valence-electron chi connectivity index (χ0n) is 4.70. The molecule has 8 heavy (non-hydrogen) atoms. The van der Waals surface area contributed by atoms with Crippen LogP contribution in [-0.2, 0) is 38.3 Å². The summed E-state index contributed by atoms with van der Waals surface area (Å²) >= 11 is 2.07. The number of hydrogen-bond donors (Lipinski definition) is 0. The van der Waals surface area contributed by atoms with Crippen LogP contribution in [0.4, 0.5) is 0 Å². The summed E-state index contributed by atoms with van der Waals surface area (Å²) in [5.41, 5.74) is 0. The van der Waals surface area contributed by atoms with E-state index < -0.39 is 0 Å². The van der Waals surface area contributed by atoms with Gasteiger partial charge in [-0.1, -0.05) is 0 Å². The molecule has 0 bridgehead atoms. The zero-order valence-corrected chi connectivity index (χ0v) is 9.03. The Balaban J connectivity index is 0. The van der Waals surface area contributed by atoms with E-state index in [1.54, 1.807) is 14.1 Å². The second-order valence-corrected chi connectivity index (χ2v) is 1.22. The third-order valence-corrected chi connectivity index (χ3v) is 0.798. The monoisotopic (exact) mass is 319 g/mol. The second-order valence-electron chi connectivity index (χ2n) is 0.937. The third-order valence-electron chi connectivity index (χ3n) is 0.379. The average Bonchev–Trinajstić information content (AvgIpc) is 1.68. The van der Waals surface area contributed by atoms with E-state index >= 15 is 0 Å². The molecule has 0 aromatic heterocycles. The Morgan fingerprint density at radius 1 is 1.62 bits per heavy atom. The first-order valence-electron chi connectivity index (χ1n) is 1.74. The summed E-state index contributed by atoms with van der Waals surface area (Å²) in [6.45, 7) is 0. The van der Waals surface area contributed by atoms with E-state index in [4.69, 9.17) is 0 Å². The first kappa shape index (κ1) is 11.4. The summed E-state index contributed by atoms with van der Waals surface area (Å²) in [5, 5.41) is 1.49. The molecule has 0 spiro atoms. The molecule has 0 aliphatic carbocycles. The minimum absolute atomic E-state index is 0. The van der Waals surface area contributed by atoms with Crippen LogP contribution in [0.2, 0.25) is 0 Å². The van der Waals surface area contributed by atoms with Gasteiger partial charge in [-0.05, 0) is 0 Å². The predicted molar refractivity (Wildman–Crippen MR) is 23.5 cm³/mol. The van der Waals surface area contributed by atoms with Crippen LogP contribution in [0.3, 0.4) is 0 Å². The van der Waals surface area contributed by atoms with Crippen molar-refractivity contribution in [1.29, 1.82) is 0 Å². The van der Waals surface area contributed by atoms with Gasteiger partial charge in [0, 0.05) is 21.1 Å². The quantitative estimate of drug-likeness (QED) is 0.233. The van der Waals surface area contributed by atoms with Gasteiger partial charge < -0.3 is 0 Å². The molecule has 0 fully saturated rings. The first-order chi connectivity index (χ1) is 3.31. The van der Waals surface area contributed by atoms with Crippen LogP contribution >= 0.6 is 0 Å². The SMILES string of the molecule is CN=[C-]N(C)[N]=[V].[W]. The first-order valence-corrected chi connectivity index (χ1v) is 2.37. The largest absolute Gasteiger partial charge is 0 e. The van der Waals surface area contributed by atoms with Gasteiger partial charge in [0.05, 0.1) is 0 Å². The van der Waals surface area contributed by atoms with Gasteiger partial charge in [0.15, 0.2) is 0 Å². The molecule has 0 radical (unpaired) electrons. The molecule has 0 amide bonds. The van der Waals surface area contributed by atoms with Crippen LogP contribution in [0.5, 0.6) is 0 Å². The summed E-state index contributed by atoms with van der Waals surface area (Å²) in [7, 11) is 3.40. The normalized spacial score (nSPS) is 8.12. The van der Waals surface area contributed by atoms with Crippen molar-refractivity contribution in [2.45, 2.75) is 0 Å². The van der Waals surface area contributed by atoms with Gasteiger partial charge in [-0.25, -0.2) is 0 Å². The summed E-state index contributed by atoms with van der Waals surface area (Å²) < 4.78 is 3.64. The van der Waals surface area contributed by atoms with Crippen LogP contribution in [-0.4, -0.2) is 25.4 Å². The maximum absolute atomic E-state index is 3.64. The van der Waals surface area contributed by atoms with Crippen LogP contribution in [0.15, 0.2) is 8.89 Å². The summed E-state index contributed by atoms with van der Waals surface area (Å²) in [6, 6.07) is 0. The fraction of sp³-hybridized carbons (Fsp3) is 0.667. The number of nitrogens with zero attached hydrogens (tertiary/aromatic N) is 3. The van der Waals surface area contributed by atoms with Crippen molar-refractivity contribution in [1.82, 2.24) is 5.01 Å². The van der Waals surface area contributed by atoms with Gasteiger partial charge in [0.2, 0.25) is 0 Å². The van der Waals surface area contributed by atoms with Crippen molar-refractivity contribution in [2.24, 2.45) is 8.89 Å². The van der Waals surface area contributed by atoms with E-state index in [1.807, 2.05) is 0 Å². The van der Waals surface area contributed by atoms with Crippen molar-refractivity contribution in [3.63, 3.8) is 0 Å². The minimum Gasteiger partial charge on any atom is 0 e. The van der Waals surface area contributed by atoms with Gasteiger partial charge in [-0.15, -0.1) is 0 Å². The Kier molecular flexibility index (Phi) is 10.7. The van der Waals surface area contributed by atoms with Crippen LogP contribution in [0, 0.1) is 0 Å². The third kappa shape index (κ3) is 6.54. The number of hydrogen-bond acceptors (Lipinski definition) is 2. The van der Waals surface area contributed by atoms with E-state index in [-0.39, 0.29) is 21.1 Å². The molecule has 45 valence electrons. The Morgan fingerprint density at radius 2 is 2.12 bits per heavy atom. The van der Waals surface area contributed by atoms with Gasteiger partial charge in [0.25, 0.3) is 0 Å². The van der Waals surface area contributed by atoms with Crippen molar-refractivity contribution in [3.8, 4) is 0 Å². The predicted octanol–water partition coefficient (Wildman–Crippen LogP) is 0.0962. The fourth-order valence-electron chi connectivity index (χ4n) is 0.165. The van der Waals surface area contributed by atoms with Crippen molar-refractivity contribution in [2.75, 3.05) is 14.1 Å². The molecule has 0 heterocycles. The summed E-state index contributed by atoms with van der Waals surface area (Å²) in [5.74, 6) is 0. The van der Waals surface area contributed by atoms with Crippen molar-refractivity contribution < 1.29 is 38.3 Å². The summed E-state index contributed by atoms with van der Waals surface area (Å²) in [6.07, 6.45) is 2.57. The number of rotatable bonds is 2. The Hall–Kier alpha value is 0.543. The van der Waals surface area contributed by atoms with Crippen molar-refractivity contribution in [3.05, 3.63) is 0 Å².